The Morgan fingerprint density at radius 3 is 2.76 bits per heavy atom. The van der Waals surface area contributed by atoms with E-state index in [4.69, 9.17) is 16.9 Å². The van der Waals surface area contributed by atoms with Gasteiger partial charge in [-0.05, 0) is 6.07 Å². The first-order valence-corrected chi connectivity index (χ1v) is 7.33. The lowest BCUT2D eigenvalue weighted by atomic mass is 10.3. The van der Waals surface area contributed by atoms with Crippen LogP contribution in [0, 0.1) is 5.41 Å². The molecule has 0 spiro atoms. The maximum Gasteiger partial charge on any atom is 0.183 e. The number of aliphatic hydroxyl groups is 2. The quantitative estimate of drug-likeness (QED) is 0.388. The number of anilines is 3. The third-order valence-electron chi connectivity index (χ3n) is 3.45. The van der Waals surface area contributed by atoms with E-state index in [9.17, 15) is 10.2 Å². The summed E-state index contributed by atoms with van der Waals surface area (Å²) in [5.74, 6) is 0.814. The zero-order chi connectivity index (χ0) is 18.0. The van der Waals surface area contributed by atoms with Gasteiger partial charge in [0.15, 0.2) is 17.5 Å². The third kappa shape index (κ3) is 3.18. The standard InChI is InChI=1S/C14H17N9O2/c15-8-3-9(16)13(22-12(8)20-7(5-24)6-25)21-10-4-19-23-11(17)1-2-18-14(10)23/h1-4,7,17,24-25H,5-6,15-16H2,(H,20,22). The summed E-state index contributed by atoms with van der Waals surface area (Å²) in [4.78, 5) is 12.7. The number of hydrogen-bond acceptors (Lipinski definition) is 10. The van der Waals surface area contributed by atoms with E-state index in [1.54, 1.807) is 0 Å². The summed E-state index contributed by atoms with van der Waals surface area (Å²) in [6.07, 6.45) is 2.94. The second kappa shape index (κ2) is 6.67. The number of nitrogens with one attached hydrogen (secondary N) is 2. The van der Waals surface area contributed by atoms with E-state index in [0.29, 0.717) is 11.5 Å². The van der Waals surface area contributed by atoms with Gasteiger partial charge in [-0.15, -0.1) is 0 Å². The molecule has 2 aromatic rings. The molecule has 11 nitrogen and oxygen atoms in total. The minimum Gasteiger partial charge on any atom is -0.396 e. The van der Waals surface area contributed by atoms with Gasteiger partial charge in [0.05, 0.1) is 36.8 Å². The van der Waals surface area contributed by atoms with Crippen LogP contribution in [0.3, 0.4) is 0 Å². The fourth-order valence-corrected chi connectivity index (χ4v) is 2.16. The highest BCUT2D eigenvalue weighted by molar-refractivity contribution is 6.39. The summed E-state index contributed by atoms with van der Waals surface area (Å²) in [6.45, 7) is -0.586. The van der Waals surface area contributed by atoms with E-state index in [1.807, 2.05) is 0 Å². The molecule has 0 radical (unpaired) electrons. The van der Waals surface area contributed by atoms with Crippen LogP contribution in [0.1, 0.15) is 5.82 Å². The van der Waals surface area contributed by atoms with Crippen molar-refractivity contribution >= 4 is 34.9 Å². The molecule has 0 fully saturated rings. The van der Waals surface area contributed by atoms with Gasteiger partial charge in [0.25, 0.3) is 0 Å². The highest BCUT2D eigenvalue weighted by atomic mass is 16.3. The molecule has 0 aromatic carbocycles. The third-order valence-corrected chi connectivity index (χ3v) is 3.45. The van der Waals surface area contributed by atoms with Crippen LogP contribution in [0.4, 0.5) is 23.0 Å². The van der Waals surface area contributed by atoms with Crippen molar-refractivity contribution in [2.75, 3.05) is 30.0 Å². The van der Waals surface area contributed by atoms with Crippen LogP contribution in [-0.4, -0.2) is 56.0 Å². The predicted octanol–water partition coefficient (Wildman–Crippen LogP) is -1.34. The Labute approximate surface area is 141 Å². The zero-order valence-corrected chi connectivity index (χ0v) is 13.1. The summed E-state index contributed by atoms with van der Waals surface area (Å²) in [5, 5.41) is 33.0. The molecule has 130 valence electrons. The molecule has 11 heteroatoms. The molecule has 0 aliphatic carbocycles. The number of nitrogens with zero attached hydrogens (tertiary/aromatic N) is 5. The van der Waals surface area contributed by atoms with Crippen molar-refractivity contribution in [3.63, 3.8) is 0 Å². The Kier molecular flexibility index (Phi) is 4.41. The van der Waals surface area contributed by atoms with Crippen LogP contribution in [0.5, 0.6) is 0 Å². The summed E-state index contributed by atoms with van der Waals surface area (Å²) in [6, 6.07) is 2.37. The Morgan fingerprint density at radius 2 is 2.04 bits per heavy atom. The Hall–Kier alpha value is -3.31. The van der Waals surface area contributed by atoms with Gasteiger partial charge in [0.1, 0.15) is 11.2 Å². The number of hydrogen-bond donors (Lipinski definition) is 6. The number of aliphatic hydroxyl groups excluding tert-OH is 2. The number of nitrogens with two attached hydrogens (primary N) is 2. The molecule has 3 rings (SSSR count). The lowest BCUT2D eigenvalue weighted by Gasteiger charge is -2.16. The van der Waals surface area contributed by atoms with Gasteiger partial charge < -0.3 is 27.0 Å². The normalized spacial score (nSPS) is 14.3. The minimum atomic E-state index is -0.615. The van der Waals surface area contributed by atoms with Crippen molar-refractivity contribution in [3.8, 4) is 0 Å². The fraction of sp³-hybridized carbons (Fsp3) is 0.214. The monoisotopic (exact) mass is 343 g/mol. The average Bonchev–Trinajstić information content (AvgIpc) is 3.01. The number of nitrogen functional groups attached to an aromatic ring is 2. The molecular weight excluding hydrogens is 326 g/mol. The highest BCUT2D eigenvalue weighted by Gasteiger charge is 2.17. The first kappa shape index (κ1) is 16.5. The molecule has 0 bridgehead atoms. The smallest absolute Gasteiger partial charge is 0.183 e. The molecule has 8 N–H and O–H groups in total. The molecule has 1 aliphatic heterocycles. The zero-order valence-electron chi connectivity index (χ0n) is 13.1. The molecule has 25 heavy (non-hydrogen) atoms. The molecule has 3 heterocycles. The SMILES string of the molecule is N=c1ccnc2n1N=CC2=Nc1nc(NC(CO)CO)c(N)cc1N. The van der Waals surface area contributed by atoms with Crippen LogP contribution >= 0.6 is 0 Å². The summed E-state index contributed by atoms with van der Waals surface area (Å²) < 4.78 is 1.33. The van der Waals surface area contributed by atoms with Gasteiger partial charge in [0, 0.05) is 12.3 Å². The maximum atomic E-state index is 9.18. The molecule has 0 unspecified atom stereocenters. The van der Waals surface area contributed by atoms with E-state index in [1.165, 1.54) is 29.2 Å². The van der Waals surface area contributed by atoms with Gasteiger partial charge in [-0.3, -0.25) is 5.41 Å². The number of rotatable bonds is 5. The van der Waals surface area contributed by atoms with Crippen molar-refractivity contribution in [1.29, 1.82) is 5.41 Å². The number of aliphatic imine (C=N–C) groups is 1. The van der Waals surface area contributed by atoms with E-state index < -0.39 is 6.04 Å². The van der Waals surface area contributed by atoms with Crippen molar-refractivity contribution in [1.82, 2.24) is 14.6 Å². The summed E-state index contributed by atoms with van der Waals surface area (Å²) >= 11 is 0. The van der Waals surface area contributed by atoms with Crippen LogP contribution < -0.4 is 22.3 Å². The minimum absolute atomic E-state index is 0.167. The number of pyridine rings is 1. The van der Waals surface area contributed by atoms with Gasteiger partial charge in [-0.25, -0.2) is 15.0 Å². The van der Waals surface area contributed by atoms with Gasteiger partial charge in [-0.2, -0.15) is 9.78 Å². The summed E-state index contributed by atoms with van der Waals surface area (Å²) in [7, 11) is 0. The first-order chi connectivity index (χ1) is 12.0. The molecular formula is C14H17N9O2. The summed E-state index contributed by atoms with van der Waals surface area (Å²) in [5.41, 5.74) is 12.9. The van der Waals surface area contributed by atoms with Crippen LogP contribution in [0.25, 0.3) is 0 Å². The Balaban J connectivity index is 2.01. The molecule has 2 aromatic heterocycles. The number of aromatic nitrogens is 3. The van der Waals surface area contributed by atoms with Crippen LogP contribution in [0.15, 0.2) is 28.4 Å². The number of fused-ring (bicyclic) bond motifs is 1. The molecule has 0 atom stereocenters. The van der Waals surface area contributed by atoms with Crippen molar-refractivity contribution in [2.24, 2.45) is 10.1 Å². The largest absolute Gasteiger partial charge is 0.396 e. The van der Waals surface area contributed by atoms with E-state index in [2.05, 4.69) is 25.4 Å². The van der Waals surface area contributed by atoms with E-state index in [-0.39, 0.29) is 41.7 Å². The Bertz CT molecular complexity index is 915. The van der Waals surface area contributed by atoms with Crippen LogP contribution in [-0.2, 0) is 0 Å². The molecule has 0 saturated heterocycles. The molecule has 0 amide bonds. The molecule has 1 aliphatic rings. The lowest BCUT2D eigenvalue weighted by Crippen LogP contribution is -2.28. The fourth-order valence-electron chi connectivity index (χ4n) is 2.16. The van der Waals surface area contributed by atoms with Crippen LogP contribution in [0.2, 0.25) is 0 Å². The van der Waals surface area contributed by atoms with Gasteiger partial charge in [-0.1, -0.05) is 0 Å². The lowest BCUT2D eigenvalue weighted by molar-refractivity contribution is 0.203. The van der Waals surface area contributed by atoms with E-state index >= 15 is 0 Å². The van der Waals surface area contributed by atoms with Crippen molar-refractivity contribution < 1.29 is 10.2 Å². The second-order valence-electron chi connectivity index (χ2n) is 5.25. The highest BCUT2D eigenvalue weighted by Crippen LogP contribution is 2.28. The average molecular weight is 343 g/mol. The maximum absolute atomic E-state index is 9.18. The van der Waals surface area contributed by atoms with Crippen molar-refractivity contribution in [3.05, 3.63) is 29.6 Å². The second-order valence-corrected chi connectivity index (χ2v) is 5.25. The first-order valence-electron chi connectivity index (χ1n) is 7.33. The molecule has 0 saturated carbocycles. The van der Waals surface area contributed by atoms with E-state index in [0.717, 1.165) is 0 Å². The topological polar surface area (TPSA) is 184 Å². The van der Waals surface area contributed by atoms with Gasteiger partial charge in [0.2, 0.25) is 0 Å². The van der Waals surface area contributed by atoms with Crippen molar-refractivity contribution in [2.45, 2.75) is 6.04 Å². The predicted molar refractivity (Wildman–Crippen MR) is 92.8 cm³/mol. The Morgan fingerprint density at radius 1 is 1.28 bits per heavy atom. The van der Waals surface area contributed by atoms with Gasteiger partial charge >= 0.3 is 0 Å².